The summed E-state index contributed by atoms with van der Waals surface area (Å²) in [5.41, 5.74) is 3.71. The Labute approximate surface area is 165 Å². The van der Waals surface area contributed by atoms with E-state index in [1.54, 1.807) is 24.3 Å². The number of anilines is 1. The summed E-state index contributed by atoms with van der Waals surface area (Å²) in [7, 11) is 0. The molecule has 0 amide bonds. The van der Waals surface area contributed by atoms with Gasteiger partial charge in [-0.25, -0.2) is 5.84 Å². The summed E-state index contributed by atoms with van der Waals surface area (Å²) in [5.74, 6) is 6.97. The number of hydrogen-bond acceptors (Lipinski definition) is 8. The van der Waals surface area contributed by atoms with Crippen molar-refractivity contribution in [2.24, 2.45) is 5.84 Å². The van der Waals surface area contributed by atoms with Crippen LogP contribution >= 0.6 is 0 Å². The van der Waals surface area contributed by atoms with E-state index in [1.165, 1.54) is 0 Å². The first-order valence-corrected chi connectivity index (χ1v) is 9.06. The van der Waals surface area contributed by atoms with Crippen molar-refractivity contribution in [3.63, 3.8) is 0 Å². The van der Waals surface area contributed by atoms with Crippen LogP contribution in [0.2, 0.25) is 0 Å². The largest absolute Gasteiger partial charge is 0.490 e. The van der Waals surface area contributed by atoms with Crippen LogP contribution in [0.25, 0.3) is 11.3 Å². The molecule has 0 bridgehead atoms. The van der Waals surface area contributed by atoms with E-state index in [-0.39, 0.29) is 12.1 Å². The summed E-state index contributed by atoms with van der Waals surface area (Å²) in [6, 6.07) is 8.93. The van der Waals surface area contributed by atoms with Gasteiger partial charge in [-0.1, -0.05) is 12.7 Å². The predicted octanol–water partition coefficient (Wildman–Crippen LogP) is 2.12. The molecule has 2 aromatic rings. The topological polar surface area (TPSA) is 115 Å². The molecule has 28 heavy (non-hydrogen) atoms. The van der Waals surface area contributed by atoms with Crippen LogP contribution in [0, 0.1) is 0 Å². The third-order valence-corrected chi connectivity index (χ3v) is 3.71. The number of nitrogen functional groups attached to an aromatic ring is 1. The Morgan fingerprint density at radius 3 is 2.61 bits per heavy atom. The molecule has 152 valence electrons. The van der Waals surface area contributed by atoms with E-state index in [0.717, 1.165) is 5.56 Å². The van der Waals surface area contributed by atoms with E-state index in [4.69, 9.17) is 15.3 Å². The SMILES string of the molecule is C=CCOc1ccc(-c2ccc(NN)nn2)c(OCC(O)CNC(C)(C)C)c1. The summed E-state index contributed by atoms with van der Waals surface area (Å²) < 4.78 is 11.5. The molecule has 0 saturated carbocycles. The van der Waals surface area contributed by atoms with Crippen LogP contribution in [0.3, 0.4) is 0 Å². The monoisotopic (exact) mass is 387 g/mol. The quantitative estimate of drug-likeness (QED) is 0.278. The van der Waals surface area contributed by atoms with Gasteiger partial charge in [-0.05, 0) is 45.0 Å². The van der Waals surface area contributed by atoms with Gasteiger partial charge in [0.05, 0.1) is 5.69 Å². The summed E-state index contributed by atoms with van der Waals surface area (Å²) >= 11 is 0. The lowest BCUT2D eigenvalue weighted by Gasteiger charge is -2.23. The molecule has 1 aromatic heterocycles. The van der Waals surface area contributed by atoms with Gasteiger partial charge in [-0.2, -0.15) is 0 Å². The minimum Gasteiger partial charge on any atom is -0.490 e. The fourth-order valence-corrected chi connectivity index (χ4v) is 2.30. The van der Waals surface area contributed by atoms with Crippen molar-refractivity contribution in [1.82, 2.24) is 15.5 Å². The first kappa shape index (κ1) is 21.6. The summed E-state index contributed by atoms with van der Waals surface area (Å²) in [5, 5.41) is 21.6. The predicted molar refractivity (Wildman–Crippen MR) is 110 cm³/mol. The number of nitrogens with zero attached hydrogens (tertiary/aromatic N) is 2. The Hall–Kier alpha value is -2.68. The number of nitrogens with two attached hydrogens (primary N) is 1. The highest BCUT2D eigenvalue weighted by Crippen LogP contribution is 2.32. The van der Waals surface area contributed by atoms with Gasteiger partial charge in [0.15, 0.2) is 5.82 Å². The molecule has 0 aliphatic rings. The van der Waals surface area contributed by atoms with Gasteiger partial charge in [0.25, 0.3) is 0 Å². The Morgan fingerprint density at radius 1 is 1.21 bits per heavy atom. The number of aromatic nitrogens is 2. The number of ether oxygens (including phenoxy) is 2. The van der Waals surface area contributed by atoms with Gasteiger partial charge in [-0.3, -0.25) is 0 Å². The molecular formula is C20H29N5O3. The van der Waals surface area contributed by atoms with Crippen LogP contribution in [0.15, 0.2) is 43.0 Å². The molecule has 8 heteroatoms. The first-order chi connectivity index (χ1) is 13.3. The normalized spacial score (nSPS) is 12.3. The average Bonchev–Trinajstić information content (AvgIpc) is 2.68. The van der Waals surface area contributed by atoms with Crippen LogP contribution in [-0.2, 0) is 0 Å². The van der Waals surface area contributed by atoms with Gasteiger partial charge in [0.2, 0.25) is 0 Å². The lowest BCUT2D eigenvalue weighted by Crippen LogP contribution is -2.42. The molecule has 0 spiro atoms. The highest BCUT2D eigenvalue weighted by atomic mass is 16.5. The summed E-state index contributed by atoms with van der Waals surface area (Å²) in [6.07, 6.45) is 1.00. The standard InChI is InChI=1S/C20H29N5O3/c1-5-10-27-15-6-7-16(17-8-9-19(23-21)25-24-17)18(11-15)28-13-14(26)12-22-20(2,3)4/h5-9,11,14,22,26H,1,10,12-13,21H2,2-4H3,(H,23,25). The summed E-state index contributed by atoms with van der Waals surface area (Å²) in [6.45, 7) is 10.7. The number of rotatable bonds is 10. The molecule has 8 nitrogen and oxygen atoms in total. The molecule has 1 unspecified atom stereocenters. The minimum atomic E-state index is -0.667. The maximum Gasteiger partial charge on any atom is 0.162 e. The number of nitrogens with one attached hydrogen (secondary N) is 2. The fourth-order valence-electron chi connectivity index (χ4n) is 2.30. The zero-order valence-corrected chi connectivity index (χ0v) is 16.6. The second-order valence-corrected chi connectivity index (χ2v) is 7.30. The zero-order chi connectivity index (χ0) is 20.6. The Bertz CT molecular complexity index is 759. The number of aliphatic hydroxyl groups excluding tert-OH is 1. The van der Waals surface area contributed by atoms with Crippen LogP contribution < -0.4 is 26.1 Å². The second kappa shape index (κ2) is 10.0. The van der Waals surface area contributed by atoms with Crippen molar-refractivity contribution in [3.05, 3.63) is 43.0 Å². The third kappa shape index (κ3) is 6.80. The van der Waals surface area contributed by atoms with E-state index >= 15 is 0 Å². The van der Waals surface area contributed by atoms with E-state index in [1.807, 2.05) is 32.9 Å². The smallest absolute Gasteiger partial charge is 0.162 e. The molecule has 0 fully saturated rings. The van der Waals surface area contributed by atoms with Gasteiger partial charge >= 0.3 is 0 Å². The Balaban J connectivity index is 2.18. The number of aliphatic hydroxyl groups is 1. The molecule has 0 aliphatic carbocycles. The molecule has 0 aliphatic heterocycles. The van der Waals surface area contributed by atoms with Gasteiger partial charge in [-0.15, -0.1) is 10.2 Å². The number of hydrogen-bond donors (Lipinski definition) is 4. The molecule has 0 saturated heterocycles. The van der Waals surface area contributed by atoms with Crippen molar-refractivity contribution in [2.45, 2.75) is 32.4 Å². The van der Waals surface area contributed by atoms with Crippen molar-refractivity contribution >= 4 is 5.82 Å². The number of benzene rings is 1. The summed E-state index contributed by atoms with van der Waals surface area (Å²) in [4.78, 5) is 0. The van der Waals surface area contributed by atoms with E-state index in [2.05, 4.69) is 27.5 Å². The zero-order valence-electron chi connectivity index (χ0n) is 16.6. The lowest BCUT2D eigenvalue weighted by molar-refractivity contribution is 0.100. The second-order valence-electron chi connectivity index (χ2n) is 7.30. The molecular weight excluding hydrogens is 358 g/mol. The fraction of sp³-hybridized carbons (Fsp3) is 0.400. The van der Waals surface area contributed by atoms with Crippen LogP contribution in [0.5, 0.6) is 11.5 Å². The molecule has 1 aromatic carbocycles. The minimum absolute atomic E-state index is 0.0844. The third-order valence-electron chi connectivity index (χ3n) is 3.71. The van der Waals surface area contributed by atoms with Gasteiger partial charge in [0.1, 0.15) is 30.8 Å². The van der Waals surface area contributed by atoms with Crippen molar-refractivity contribution < 1.29 is 14.6 Å². The van der Waals surface area contributed by atoms with E-state index < -0.39 is 6.10 Å². The van der Waals surface area contributed by atoms with Crippen LogP contribution in [0.4, 0.5) is 5.82 Å². The Morgan fingerprint density at radius 2 is 2.00 bits per heavy atom. The highest BCUT2D eigenvalue weighted by Gasteiger charge is 2.15. The Kier molecular flexibility index (Phi) is 7.74. The number of hydrazine groups is 1. The first-order valence-electron chi connectivity index (χ1n) is 9.06. The van der Waals surface area contributed by atoms with Crippen LogP contribution in [0.1, 0.15) is 20.8 Å². The van der Waals surface area contributed by atoms with Crippen molar-refractivity contribution in [2.75, 3.05) is 25.2 Å². The molecule has 0 radical (unpaired) electrons. The molecule has 1 atom stereocenters. The highest BCUT2D eigenvalue weighted by molar-refractivity contribution is 5.68. The maximum absolute atomic E-state index is 10.2. The van der Waals surface area contributed by atoms with Crippen LogP contribution in [-0.4, -0.2) is 46.7 Å². The van der Waals surface area contributed by atoms with E-state index in [0.29, 0.717) is 36.2 Å². The molecule has 2 rings (SSSR count). The molecule has 5 N–H and O–H groups in total. The van der Waals surface area contributed by atoms with Crippen molar-refractivity contribution in [1.29, 1.82) is 0 Å². The average molecular weight is 387 g/mol. The van der Waals surface area contributed by atoms with Gasteiger partial charge in [0, 0.05) is 23.7 Å². The van der Waals surface area contributed by atoms with E-state index in [9.17, 15) is 5.11 Å². The number of β-amino-alcohol motifs (C(OH)–C–C–N with tert-alkyl or cyclic N) is 1. The van der Waals surface area contributed by atoms with Gasteiger partial charge < -0.3 is 25.3 Å². The lowest BCUT2D eigenvalue weighted by atomic mass is 10.1. The maximum atomic E-state index is 10.2. The molecule has 1 heterocycles. The van der Waals surface area contributed by atoms with Crippen molar-refractivity contribution in [3.8, 4) is 22.8 Å².